The summed E-state index contributed by atoms with van der Waals surface area (Å²) in [5.41, 5.74) is 0.836. The Balaban J connectivity index is 2.33. The molecule has 18 heavy (non-hydrogen) atoms. The molecule has 3 nitrogen and oxygen atoms in total. The summed E-state index contributed by atoms with van der Waals surface area (Å²) in [6.45, 7) is 0. The third kappa shape index (κ3) is 1.66. The van der Waals surface area contributed by atoms with E-state index < -0.39 is 0 Å². The highest BCUT2D eigenvalue weighted by Gasteiger charge is 2.06. The molecular formula is C15H9O3-. The summed E-state index contributed by atoms with van der Waals surface area (Å²) in [7, 11) is 0. The second-order valence-electron chi connectivity index (χ2n) is 3.97. The molecule has 0 atom stereocenters. The zero-order valence-electron chi connectivity index (χ0n) is 9.42. The summed E-state index contributed by atoms with van der Waals surface area (Å²) in [5.74, 6) is 0.166. The summed E-state index contributed by atoms with van der Waals surface area (Å²) in [4.78, 5) is 11.9. The van der Waals surface area contributed by atoms with Crippen molar-refractivity contribution < 1.29 is 9.52 Å². The van der Waals surface area contributed by atoms with Gasteiger partial charge in [-0.3, -0.25) is 4.79 Å². The molecular weight excluding hydrogens is 228 g/mol. The van der Waals surface area contributed by atoms with Gasteiger partial charge in [0.1, 0.15) is 11.3 Å². The van der Waals surface area contributed by atoms with Crippen molar-refractivity contribution in [3.63, 3.8) is 0 Å². The van der Waals surface area contributed by atoms with Crippen molar-refractivity contribution in [2.45, 2.75) is 0 Å². The van der Waals surface area contributed by atoms with Gasteiger partial charge in [-0.15, -0.1) is 0 Å². The fourth-order valence-electron chi connectivity index (χ4n) is 1.92. The lowest BCUT2D eigenvalue weighted by atomic mass is 10.1. The monoisotopic (exact) mass is 237 g/mol. The van der Waals surface area contributed by atoms with Crippen LogP contribution in [0.2, 0.25) is 0 Å². The number of benzene rings is 2. The predicted octanol–water partition coefficient (Wildman–Crippen LogP) is 2.53. The maximum Gasteiger partial charge on any atom is 0.192 e. The molecule has 3 heteroatoms. The van der Waals surface area contributed by atoms with Gasteiger partial charge in [0.25, 0.3) is 0 Å². The second-order valence-corrected chi connectivity index (χ2v) is 3.97. The van der Waals surface area contributed by atoms with Crippen molar-refractivity contribution in [2.24, 2.45) is 0 Å². The Hall–Kier alpha value is -2.55. The van der Waals surface area contributed by atoms with Crippen molar-refractivity contribution >= 4 is 11.0 Å². The Labute approximate surface area is 103 Å². The van der Waals surface area contributed by atoms with E-state index in [9.17, 15) is 9.90 Å². The molecule has 3 rings (SSSR count). The first-order valence-electron chi connectivity index (χ1n) is 5.55. The van der Waals surface area contributed by atoms with E-state index >= 15 is 0 Å². The van der Waals surface area contributed by atoms with Gasteiger partial charge in [0, 0.05) is 11.6 Å². The molecule has 0 bridgehead atoms. The summed E-state index contributed by atoms with van der Waals surface area (Å²) in [6.07, 6.45) is 0. The minimum Gasteiger partial charge on any atom is -0.872 e. The molecule has 0 saturated heterocycles. The predicted molar refractivity (Wildman–Crippen MR) is 67.4 cm³/mol. The highest BCUT2D eigenvalue weighted by atomic mass is 16.3. The molecule has 0 amide bonds. The molecule has 0 aliphatic rings. The van der Waals surface area contributed by atoms with Gasteiger partial charge in [-0.05, 0) is 6.07 Å². The van der Waals surface area contributed by atoms with Crippen LogP contribution < -0.4 is 10.5 Å². The highest BCUT2D eigenvalue weighted by molar-refractivity contribution is 5.84. The fraction of sp³-hybridized carbons (Fsp3) is 0. The fourth-order valence-corrected chi connectivity index (χ4v) is 1.92. The van der Waals surface area contributed by atoms with Crippen LogP contribution in [-0.2, 0) is 0 Å². The molecule has 0 saturated carbocycles. The molecule has 0 N–H and O–H groups in total. The lowest BCUT2D eigenvalue weighted by Gasteiger charge is -2.09. The molecule has 0 unspecified atom stereocenters. The van der Waals surface area contributed by atoms with Crippen molar-refractivity contribution in [3.8, 4) is 17.1 Å². The third-order valence-corrected chi connectivity index (χ3v) is 2.77. The molecule has 0 fully saturated rings. The number of hydrogen-bond donors (Lipinski definition) is 0. The molecule has 0 spiro atoms. The van der Waals surface area contributed by atoms with E-state index in [4.69, 9.17) is 4.42 Å². The van der Waals surface area contributed by atoms with Crippen LogP contribution in [0.1, 0.15) is 0 Å². The van der Waals surface area contributed by atoms with Crippen molar-refractivity contribution in [3.05, 3.63) is 64.8 Å². The quantitative estimate of drug-likeness (QED) is 0.653. The van der Waals surface area contributed by atoms with E-state index in [0.717, 1.165) is 5.56 Å². The van der Waals surface area contributed by atoms with Gasteiger partial charge in [-0.2, -0.15) is 0 Å². The van der Waals surface area contributed by atoms with E-state index in [-0.39, 0.29) is 16.6 Å². The Morgan fingerprint density at radius 3 is 2.50 bits per heavy atom. The largest absolute Gasteiger partial charge is 0.872 e. The Bertz CT molecular complexity index is 758. The van der Waals surface area contributed by atoms with Crippen LogP contribution in [0, 0.1) is 0 Å². The molecule has 0 aliphatic heterocycles. The molecule has 0 radical (unpaired) electrons. The van der Waals surface area contributed by atoms with Crippen molar-refractivity contribution in [2.75, 3.05) is 0 Å². The lowest BCUT2D eigenvalue weighted by molar-refractivity contribution is -0.265. The average molecular weight is 237 g/mol. The van der Waals surface area contributed by atoms with Gasteiger partial charge in [-0.1, -0.05) is 48.2 Å². The maximum atomic E-state index is 11.9. The molecule has 88 valence electrons. The van der Waals surface area contributed by atoms with E-state index in [0.29, 0.717) is 11.3 Å². The van der Waals surface area contributed by atoms with E-state index in [1.54, 1.807) is 12.1 Å². The molecule has 2 aromatic carbocycles. The first-order valence-corrected chi connectivity index (χ1v) is 5.55. The zero-order valence-corrected chi connectivity index (χ0v) is 9.42. The standard InChI is InChI=1S/C15H10O3/c16-11-7-4-8-13-15(11)12(17)9-14(18-13)10-5-2-1-3-6-10/h1-9,16H/p-1. The first kappa shape index (κ1) is 10.6. The van der Waals surface area contributed by atoms with Gasteiger partial charge in [-0.25, -0.2) is 0 Å². The SMILES string of the molecule is O=c1cc(-c2ccccc2)oc2cccc([O-])c12. The van der Waals surface area contributed by atoms with Gasteiger partial charge >= 0.3 is 0 Å². The number of fused-ring (bicyclic) bond motifs is 1. The van der Waals surface area contributed by atoms with E-state index in [1.165, 1.54) is 12.1 Å². The summed E-state index contributed by atoms with van der Waals surface area (Å²) < 4.78 is 5.61. The van der Waals surface area contributed by atoms with Crippen molar-refractivity contribution in [1.82, 2.24) is 0 Å². The second kappa shape index (κ2) is 4.04. The van der Waals surface area contributed by atoms with Crippen LogP contribution in [0.25, 0.3) is 22.3 Å². The third-order valence-electron chi connectivity index (χ3n) is 2.77. The minimum atomic E-state index is -0.305. The Morgan fingerprint density at radius 2 is 1.72 bits per heavy atom. The van der Waals surface area contributed by atoms with Gasteiger partial charge in [0.15, 0.2) is 5.43 Å². The van der Waals surface area contributed by atoms with Gasteiger partial charge in [0.2, 0.25) is 0 Å². The molecule has 3 aromatic rings. The molecule has 1 aromatic heterocycles. The zero-order chi connectivity index (χ0) is 12.5. The van der Waals surface area contributed by atoms with Crippen LogP contribution in [0.5, 0.6) is 5.75 Å². The maximum absolute atomic E-state index is 11.9. The van der Waals surface area contributed by atoms with Crippen LogP contribution in [0.15, 0.2) is 63.8 Å². The lowest BCUT2D eigenvalue weighted by Crippen LogP contribution is -2.04. The normalized spacial score (nSPS) is 10.7. The minimum absolute atomic E-state index is 0.109. The van der Waals surface area contributed by atoms with Crippen LogP contribution in [0.3, 0.4) is 0 Å². The van der Waals surface area contributed by atoms with Gasteiger partial charge in [0.05, 0.1) is 5.39 Å². The first-order chi connectivity index (χ1) is 8.75. The van der Waals surface area contributed by atoms with Crippen molar-refractivity contribution in [1.29, 1.82) is 0 Å². The smallest absolute Gasteiger partial charge is 0.192 e. The molecule has 1 heterocycles. The summed E-state index contributed by atoms with van der Waals surface area (Å²) >= 11 is 0. The summed E-state index contributed by atoms with van der Waals surface area (Å²) in [5, 5.41) is 11.7. The Morgan fingerprint density at radius 1 is 0.944 bits per heavy atom. The number of hydrogen-bond acceptors (Lipinski definition) is 3. The highest BCUT2D eigenvalue weighted by Crippen LogP contribution is 2.24. The molecule has 0 aliphatic carbocycles. The van der Waals surface area contributed by atoms with E-state index in [1.807, 2.05) is 30.3 Å². The average Bonchev–Trinajstić information content (AvgIpc) is 2.39. The van der Waals surface area contributed by atoms with Crippen LogP contribution in [-0.4, -0.2) is 0 Å². The van der Waals surface area contributed by atoms with Crippen LogP contribution >= 0.6 is 0 Å². The van der Waals surface area contributed by atoms with E-state index in [2.05, 4.69) is 0 Å². The topological polar surface area (TPSA) is 53.3 Å². The summed E-state index contributed by atoms with van der Waals surface area (Å²) in [6, 6.07) is 15.3. The van der Waals surface area contributed by atoms with Crippen LogP contribution in [0.4, 0.5) is 0 Å². The Kier molecular flexibility index (Phi) is 2.38. The van der Waals surface area contributed by atoms with Gasteiger partial charge < -0.3 is 9.52 Å². The number of rotatable bonds is 1.